The molecule has 0 amide bonds. The van der Waals surface area contributed by atoms with E-state index in [1.807, 2.05) is 33.9 Å². The van der Waals surface area contributed by atoms with Gasteiger partial charge in [-0.25, -0.2) is 4.98 Å². The van der Waals surface area contributed by atoms with Crippen LogP contribution >= 0.6 is 0 Å². The van der Waals surface area contributed by atoms with E-state index in [4.69, 9.17) is 4.43 Å². The summed E-state index contributed by atoms with van der Waals surface area (Å²) in [7, 11) is -7.03. The highest BCUT2D eigenvalue weighted by Crippen LogP contribution is 2.36. The van der Waals surface area contributed by atoms with Gasteiger partial charge in [0.05, 0.1) is 11.6 Å². The highest BCUT2D eigenvalue weighted by atomic mass is 32.2. The molecule has 0 aliphatic heterocycles. The molecule has 161 valence electrons. The monoisotopic (exact) mass is 450 g/mol. The Bertz CT molecular complexity index is 974. The molecule has 2 aromatic rings. The van der Waals surface area contributed by atoms with E-state index in [-0.39, 0.29) is 5.52 Å². The van der Waals surface area contributed by atoms with Gasteiger partial charge in [0.25, 0.3) is 0 Å². The number of rotatable bonds is 6. The van der Waals surface area contributed by atoms with Gasteiger partial charge < -0.3 is 13.7 Å². The second kappa shape index (κ2) is 8.21. The van der Waals surface area contributed by atoms with Crippen molar-refractivity contribution in [2.45, 2.75) is 51.6 Å². The van der Waals surface area contributed by atoms with Crippen molar-refractivity contribution in [3.8, 4) is 5.88 Å². The van der Waals surface area contributed by atoms with Crippen LogP contribution in [0.15, 0.2) is 30.3 Å². The summed E-state index contributed by atoms with van der Waals surface area (Å²) in [4.78, 5) is 3.93. The van der Waals surface area contributed by atoms with Gasteiger partial charge in [-0.2, -0.15) is 21.6 Å². The Morgan fingerprint density at radius 2 is 1.72 bits per heavy atom. The molecule has 2 atom stereocenters. The average molecular weight is 451 g/mol. The van der Waals surface area contributed by atoms with Crippen LogP contribution in [-0.4, -0.2) is 39.2 Å². The lowest BCUT2D eigenvalue weighted by Gasteiger charge is -2.36. The van der Waals surface area contributed by atoms with Crippen molar-refractivity contribution in [2.75, 3.05) is 0 Å². The predicted octanol–water partition coefficient (Wildman–Crippen LogP) is 4.18. The maximum Gasteiger partial charge on any atom is 0.534 e. The number of nitrogens with zero attached hydrogens (tertiary/aromatic N) is 1. The first kappa shape index (κ1) is 23.6. The molecule has 6 nitrogen and oxygen atoms in total. The van der Waals surface area contributed by atoms with Crippen molar-refractivity contribution >= 4 is 30.1 Å². The van der Waals surface area contributed by atoms with Crippen molar-refractivity contribution in [2.24, 2.45) is 5.41 Å². The van der Waals surface area contributed by atoms with E-state index in [1.165, 1.54) is 6.07 Å². The number of hydrogen-bond donors (Lipinski definition) is 1. The number of halogens is 3. The predicted molar refractivity (Wildman–Crippen MR) is 104 cm³/mol. The maximum absolute atomic E-state index is 12.6. The van der Waals surface area contributed by atoms with E-state index in [0.29, 0.717) is 10.9 Å². The number of alkyl halides is 3. The first-order chi connectivity index (χ1) is 13.1. The van der Waals surface area contributed by atoms with Crippen LogP contribution in [0, 0.1) is 5.41 Å². The number of fused-ring (bicyclic) bond motifs is 1. The first-order valence-corrected chi connectivity index (χ1v) is 12.5. The molecule has 0 bridgehead atoms. The summed E-state index contributed by atoms with van der Waals surface area (Å²) in [5, 5.41) is 11.5. The highest BCUT2D eigenvalue weighted by Gasteiger charge is 2.49. The van der Waals surface area contributed by atoms with E-state index in [2.05, 4.69) is 9.17 Å². The molecule has 1 N–H and O–H groups in total. The zero-order chi connectivity index (χ0) is 22.2. The quantitative estimate of drug-likeness (QED) is 0.404. The third-order valence-corrected chi connectivity index (χ3v) is 5.71. The molecule has 0 spiro atoms. The summed E-state index contributed by atoms with van der Waals surface area (Å²) in [6.45, 7) is 9.54. The van der Waals surface area contributed by atoms with Crippen molar-refractivity contribution in [1.82, 2.24) is 4.98 Å². The molecule has 0 saturated heterocycles. The summed E-state index contributed by atoms with van der Waals surface area (Å²) in [5.41, 5.74) is -5.58. The molecular formula is C18H23F3NO5SSi. The zero-order valence-corrected chi connectivity index (χ0v) is 18.4. The molecule has 1 aromatic carbocycles. The summed E-state index contributed by atoms with van der Waals surface area (Å²) >= 11 is 0. The SMILES string of the molecule is C[Si](C)OC(C(O)c1cccc2ccc(OS(=O)(=O)C(F)(F)F)nc12)C(C)(C)C. The number of aliphatic hydroxyl groups is 1. The smallest absolute Gasteiger partial charge is 0.411 e. The Labute approximate surface area is 169 Å². The van der Waals surface area contributed by atoms with Crippen molar-refractivity contribution in [1.29, 1.82) is 0 Å². The van der Waals surface area contributed by atoms with Crippen LogP contribution in [0.3, 0.4) is 0 Å². The first-order valence-electron chi connectivity index (χ1n) is 8.69. The fourth-order valence-corrected chi connectivity index (χ4v) is 4.13. The van der Waals surface area contributed by atoms with Crippen LogP contribution in [0.5, 0.6) is 5.88 Å². The Morgan fingerprint density at radius 3 is 2.24 bits per heavy atom. The Balaban J connectivity index is 2.54. The van der Waals surface area contributed by atoms with Gasteiger partial charge in [-0.05, 0) is 24.6 Å². The topological polar surface area (TPSA) is 85.7 Å². The molecule has 1 aromatic heterocycles. The molecule has 1 heterocycles. The Hall–Kier alpha value is -1.69. The fraction of sp³-hybridized carbons (Fsp3) is 0.500. The van der Waals surface area contributed by atoms with Gasteiger partial charge in [0.2, 0.25) is 14.9 Å². The normalized spacial score (nSPS) is 15.5. The largest absolute Gasteiger partial charge is 0.534 e. The van der Waals surface area contributed by atoms with Crippen molar-refractivity contribution in [3.05, 3.63) is 35.9 Å². The van der Waals surface area contributed by atoms with Crippen LogP contribution < -0.4 is 4.18 Å². The summed E-state index contributed by atoms with van der Waals surface area (Å²) in [5.74, 6) is -0.738. The van der Waals surface area contributed by atoms with Gasteiger partial charge in [0.15, 0.2) is 0 Å². The van der Waals surface area contributed by atoms with Crippen LogP contribution in [0.25, 0.3) is 10.9 Å². The summed E-state index contributed by atoms with van der Waals surface area (Å²) in [6, 6.07) is 7.28. The van der Waals surface area contributed by atoms with E-state index in [9.17, 15) is 26.7 Å². The molecule has 0 saturated carbocycles. The van der Waals surface area contributed by atoms with Crippen LogP contribution in [0.4, 0.5) is 13.2 Å². The third-order valence-electron chi connectivity index (χ3n) is 4.03. The number of para-hydroxylation sites is 1. The standard InChI is InChI=1S/C18H23F3NO5SSi/c1-17(2,3)16(27-29(4)5)15(23)12-8-6-7-11-9-10-13(22-14(11)12)26-28(24,25)18(19,20)21/h6-10,15-16,23H,1-5H3. The lowest BCUT2D eigenvalue weighted by molar-refractivity contribution is -0.0501. The van der Waals surface area contributed by atoms with Gasteiger partial charge >= 0.3 is 15.6 Å². The number of pyridine rings is 1. The van der Waals surface area contributed by atoms with E-state index in [0.717, 1.165) is 6.07 Å². The molecular weight excluding hydrogens is 427 g/mol. The molecule has 11 heteroatoms. The molecule has 2 rings (SSSR count). The Kier molecular flexibility index (Phi) is 6.67. The summed E-state index contributed by atoms with van der Waals surface area (Å²) in [6.07, 6.45) is -1.75. The molecule has 1 radical (unpaired) electrons. The van der Waals surface area contributed by atoms with E-state index in [1.54, 1.807) is 18.2 Å². The lowest BCUT2D eigenvalue weighted by Crippen LogP contribution is -2.38. The number of hydrogen-bond acceptors (Lipinski definition) is 6. The molecule has 29 heavy (non-hydrogen) atoms. The van der Waals surface area contributed by atoms with Gasteiger partial charge in [-0.15, -0.1) is 0 Å². The van der Waals surface area contributed by atoms with E-state index < -0.39 is 48.2 Å². The minimum Gasteiger partial charge on any atom is -0.411 e. The molecule has 0 aliphatic carbocycles. The number of benzene rings is 1. The number of aliphatic hydroxyl groups excluding tert-OH is 1. The van der Waals surface area contributed by atoms with Gasteiger partial charge in [-0.1, -0.05) is 39.0 Å². The van der Waals surface area contributed by atoms with Crippen molar-refractivity contribution < 1.29 is 35.3 Å². The third kappa shape index (κ3) is 5.47. The van der Waals surface area contributed by atoms with Gasteiger partial charge in [0, 0.05) is 17.0 Å². The van der Waals surface area contributed by atoms with Gasteiger partial charge in [-0.3, -0.25) is 0 Å². The fourth-order valence-electron chi connectivity index (χ4n) is 2.73. The van der Waals surface area contributed by atoms with Crippen LogP contribution in [-0.2, 0) is 14.5 Å². The zero-order valence-electron chi connectivity index (χ0n) is 16.6. The average Bonchev–Trinajstić information content (AvgIpc) is 2.56. The second-order valence-corrected chi connectivity index (χ2v) is 11.4. The van der Waals surface area contributed by atoms with E-state index >= 15 is 0 Å². The second-order valence-electron chi connectivity index (χ2n) is 7.81. The minimum absolute atomic E-state index is 0.133. The van der Waals surface area contributed by atoms with Crippen LogP contribution in [0.1, 0.15) is 32.4 Å². The molecule has 2 unspecified atom stereocenters. The summed E-state index contributed by atoms with van der Waals surface area (Å²) < 4.78 is 70.5. The lowest BCUT2D eigenvalue weighted by atomic mass is 9.83. The number of aromatic nitrogens is 1. The van der Waals surface area contributed by atoms with Crippen molar-refractivity contribution in [3.63, 3.8) is 0 Å². The Morgan fingerprint density at radius 1 is 1.10 bits per heavy atom. The highest BCUT2D eigenvalue weighted by molar-refractivity contribution is 7.87. The van der Waals surface area contributed by atoms with Gasteiger partial charge in [0.1, 0.15) is 6.10 Å². The maximum atomic E-state index is 12.6. The van der Waals surface area contributed by atoms with Crippen LogP contribution in [0.2, 0.25) is 13.1 Å². The minimum atomic E-state index is -5.85. The molecule has 0 fully saturated rings. The molecule has 0 aliphatic rings.